The van der Waals surface area contributed by atoms with E-state index in [0.29, 0.717) is 11.5 Å². The predicted octanol–water partition coefficient (Wildman–Crippen LogP) is -0.341. The molecule has 0 saturated heterocycles. The van der Waals surface area contributed by atoms with Gasteiger partial charge in [0.1, 0.15) is 12.7 Å². The molecule has 0 spiro atoms. The zero-order valence-electron chi connectivity index (χ0n) is 6.93. The molecule has 13 heavy (non-hydrogen) atoms. The number of nitrogens with zero attached hydrogens (tertiary/aromatic N) is 4. The van der Waals surface area contributed by atoms with Gasteiger partial charge in [0.25, 0.3) is 5.56 Å². The lowest BCUT2D eigenvalue weighted by atomic mass is 10.4. The summed E-state index contributed by atoms with van der Waals surface area (Å²) in [5.41, 5.74) is 0.426. The lowest BCUT2D eigenvalue weighted by Gasteiger charge is -1.98. The van der Waals surface area contributed by atoms with Crippen LogP contribution in [0.25, 0.3) is 5.95 Å². The van der Waals surface area contributed by atoms with E-state index in [9.17, 15) is 4.79 Å². The monoisotopic (exact) mass is 177 g/mol. The molecule has 0 bridgehead atoms. The summed E-state index contributed by atoms with van der Waals surface area (Å²) in [7, 11) is 0. The van der Waals surface area contributed by atoms with Crippen molar-refractivity contribution >= 4 is 0 Å². The largest absolute Gasteiger partial charge is 0.292 e. The smallest absolute Gasteiger partial charge is 0.255 e. The standard InChI is InChI=1S/C7H7N5O/c1-5-2-8-7(11-6(5)13)12-3-9-10-4-12/h2-4H,1H3,(H,8,11,13). The van der Waals surface area contributed by atoms with Gasteiger partial charge in [0.2, 0.25) is 5.95 Å². The van der Waals surface area contributed by atoms with Crippen LogP contribution in [0, 0.1) is 6.92 Å². The first-order chi connectivity index (χ1) is 6.27. The Balaban J connectivity index is 2.55. The minimum atomic E-state index is -0.154. The second-order valence-electron chi connectivity index (χ2n) is 2.59. The summed E-state index contributed by atoms with van der Waals surface area (Å²) in [4.78, 5) is 17.8. The molecule has 6 nitrogen and oxygen atoms in total. The molecular weight excluding hydrogens is 170 g/mol. The fraction of sp³-hybridized carbons (Fsp3) is 0.143. The van der Waals surface area contributed by atoms with Gasteiger partial charge in [-0.05, 0) is 6.92 Å². The highest BCUT2D eigenvalue weighted by Gasteiger charge is 1.99. The van der Waals surface area contributed by atoms with E-state index in [0.717, 1.165) is 0 Å². The highest BCUT2D eigenvalue weighted by atomic mass is 16.1. The summed E-state index contributed by atoms with van der Waals surface area (Å²) in [5.74, 6) is 0.417. The number of aryl methyl sites for hydroxylation is 1. The third kappa shape index (κ3) is 1.33. The first-order valence-corrected chi connectivity index (χ1v) is 3.68. The molecule has 6 heteroatoms. The Morgan fingerprint density at radius 1 is 1.38 bits per heavy atom. The number of aromatic amines is 1. The number of rotatable bonds is 1. The molecule has 0 aromatic carbocycles. The van der Waals surface area contributed by atoms with Gasteiger partial charge in [-0.2, -0.15) is 0 Å². The quantitative estimate of drug-likeness (QED) is 0.646. The Labute approximate surface area is 73.3 Å². The SMILES string of the molecule is Cc1cnc(-n2cnnc2)[nH]c1=O. The fourth-order valence-corrected chi connectivity index (χ4v) is 0.890. The van der Waals surface area contributed by atoms with Crippen molar-refractivity contribution in [3.8, 4) is 5.95 Å². The zero-order chi connectivity index (χ0) is 9.26. The van der Waals surface area contributed by atoms with Crippen molar-refractivity contribution in [3.63, 3.8) is 0 Å². The Hall–Kier alpha value is -1.98. The van der Waals surface area contributed by atoms with Crippen molar-refractivity contribution in [2.24, 2.45) is 0 Å². The number of hydrogen-bond acceptors (Lipinski definition) is 4. The van der Waals surface area contributed by atoms with Gasteiger partial charge in [-0.3, -0.25) is 14.3 Å². The molecule has 1 N–H and O–H groups in total. The molecule has 2 aromatic heterocycles. The second kappa shape index (κ2) is 2.81. The summed E-state index contributed by atoms with van der Waals surface area (Å²) in [6.07, 6.45) is 4.44. The molecule has 2 heterocycles. The van der Waals surface area contributed by atoms with Crippen LogP contribution in [-0.4, -0.2) is 24.7 Å². The van der Waals surface area contributed by atoms with Crippen LogP contribution in [0.5, 0.6) is 0 Å². The number of hydrogen-bond donors (Lipinski definition) is 1. The van der Waals surface area contributed by atoms with Gasteiger partial charge in [0.15, 0.2) is 0 Å². The Kier molecular flexibility index (Phi) is 1.66. The molecule has 0 aliphatic rings. The third-order valence-electron chi connectivity index (χ3n) is 1.63. The minimum Gasteiger partial charge on any atom is -0.292 e. The van der Waals surface area contributed by atoms with E-state index in [4.69, 9.17) is 0 Å². The summed E-state index contributed by atoms with van der Waals surface area (Å²) in [6.45, 7) is 1.70. The topological polar surface area (TPSA) is 76.5 Å². The third-order valence-corrected chi connectivity index (χ3v) is 1.63. The summed E-state index contributed by atoms with van der Waals surface area (Å²) < 4.78 is 1.53. The van der Waals surface area contributed by atoms with Gasteiger partial charge in [0, 0.05) is 11.8 Å². The Morgan fingerprint density at radius 2 is 2.08 bits per heavy atom. The summed E-state index contributed by atoms with van der Waals surface area (Å²) >= 11 is 0. The molecule has 2 rings (SSSR count). The van der Waals surface area contributed by atoms with Crippen LogP contribution in [0.3, 0.4) is 0 Å². The van der Waals surface area contributed by atoms with Crippen molar-refractivity contribution in [2.75, 3.05) is 0 Å². The van der Waals surface area contributed by atoms with E-state index in [1.807, 2.05) is 0 Å². The molecule has 0 amide bonds. The van der Waals surface area contributed by atoms with E-state index < -0.39 is 0 Å². The average Bonchev–Trinajstić information content (AvgIpc) is 2.62. The lowest BCUT2D eigenvalue weighted by Crippen LogP contribution is -2.14. The minimum absolute atomic E-state index is 0.154. The number of aromatic nitrogens is 5. The van der Waals surface area contributed by atoms with E-state index in [1.165, 1.54) is 23.4 Å². The van der Waals surface area contributed by atoms with E-state index >= 15 is 0 Å². The molecule has 0 aliphatic carbocycles. The van der Waals surface area contributed by atoms with Gasteiger partial charge in [-0.25, -0.2) is 4.98 Å². The van der Waals surface area contributed by atoms with Crippen LogP contribution in [0.4, 0.5) is 0 Å². The molecule has 0 atom stereocenters. The van der Waals surface area contributed by atoms with Gasteiger partial charge in [0.05, 0.1) is 0 Å². The Morgan fingerprint density at radius 3 is 2.69 bits per heavy atom. The van der Waals surface area contributed by atoms with Crippen LogP contribution in [0.2, 0.25) is 0 Å². The Bertz CT molecular complexity index is 458. The number of nitrogens with one attached hydrogen (secondary N) is 1. The van der Waals surface area contributed by atoms with Gasteiger partial charge >= 0.3 is 0 Å². The highest BCUT2D eigenvalue weighted by Crippen LogP contribution is 1.94. The highest BCUT2D eigenvalue weighted by molar-refractivity contribution is 5.12. The number of H-pyrrole nitrogens is 1. The molecule has 0 radical (unpaired) electrons. The molecule has 0 unspecified atom stereocenters. The molecule has 0 fully saturated rings. The molecule has 2 aromatic rings. The van der Waals surface area contributed by atoms with Crippen molar-refractivity contribution in [3.05, 3.63) is 34.8 Å². The van der Waals surface area contributed by atoms with Gasteiger partial charge < -0.3 is 0 Å². The van der Waals surface area contributed by atoms with Crippen LogP contribution >= 0.6 is 0 Å². The van der Waals surface area contributed by atoms with Gasteiger partial charge in [-0.1, -0.05) is 0 Å². The maximum absolute atomic E-state index is 11.2. The maximum Gasteiger partial charge on any atom is 0.255 e. The van der Waals surface area contributed by atoms with Crippen LogP contribution in [0.1, 0.15) is 5.56 Å². The summed E-state index contributed by atoms with van der Waals surface area (Å²) in [6, 6.07) is 0. The predicted molar refractivity (Wildman–Crippen MR) is 44.5 cm³/mol. The van der Waals surface area contributed by atoms with Crippen LogP contribution in [0.15, 0.2) is 23.6 Å². The lowest BCUT2D eigenvalue weighted by molar-refractivity contribution is 0.899. The molecule has 66 valence electrons. The molecular formula is C7H7N5O. The van der Waals surface area contributed by atoms with Crippen molar-refractivity contribution < 1.29 is 0 Å². The molecule has 0 saturated carbocycles. The average molecular weight is 177 g/mol. The van der Waals surface area contributed by atoms with Crippen LogP contribution < -0.4 is 5.56 Å². The van der Waals surface area contributed by atoms with Gasteiger partial charge in [-0.15, -0.1) is 10.2 Å². The fourth-order valence-electron chi connectivity index (χ4n) is 0.890. The first-order valence-electron chi connectivity index (χ1n) is 3.68. The first kappa shape index (κ1) is 7.66. The van der Waals surface area contributed by atoms with E-state index in [2.05, 4.69) is 20.2 Å². The molecule has 0 aliphatic heterocycles. The maximum atomic E-state index is 11.2. The van der Waals surface area contributed by atoms with E-state index in [-0.39, 0.29) is 5.56 Å². The van der Waals surface area contributed by atoms with Crippen molar-refractivity contribution in [2.45, 2.75) is 6.92 Å². The summed E-state index contributed by atoms with van der Waals surface area (Å²) in [5, 5.41) is 7.20. The van der Waals surface area contributed by atoms with Crippen molar-refractivity contribution in [1.29, 1.82) is 0 Å². The normalized spacial score (nSPS) is 10.2. The zero-order valence-corrected chi connectivity index (χ0v) is 6.93. The van der Waals surface area contributed by atoms with Crippen LogP contribution in [-0.2, 0) is 0 Å². The van der Waals surface area contributed by atoms with E-state index in [1.54, 1.807) is 6.92 Å². The van der Waals surface area contributed by atoms with Crippen molar-refractivity contribution in [1.82, 2.24) is 24.7 Å². The second-order valence-corrected chi connectivity index (χ2v) is 2.59.